The van der Waals surface area contributed by atoms with Gasteiger partial charge in [-0.15, -0.1) is 0 Å². The summed E-state index contributed by atoms with van der Waals surface area (Å²) in [6, 6.07) is 9.20. The van der Waals surface area contributed by atoms with E-state index >= 15 is 0 Å². The molecule has 1 saturated carbocycles. The highest BCUT2D eigenvalue weighted by molar-refractivity contribution is 5.39. The quantitative estimate of drug-likeness (QED) is 0.863. The highest BCUT2D eigenvalue weighted by Gasteiger charge is 2.30. The average molecular weight is 246 g/mol. The van der Waals surface area contributed by atoms with Crippen molar-refractivity contribution in [3.05, 3.63) is 29.8 Å². The van der Waals surface area contributed by atoms with Crippen molar-refractivity contribution in [2.45, 2.75) is 31.2 Å². The number of para-hydroxylation sites is 1. The van der Waals surface area contributed by atoms with Gasteiger partial charge in [0.25, 0.3) is 0 Å². The number of ether oxygens (including phenoxy) is 1. The van der Waals surface area contributed by atoms with E-state index in [9.17, 15) is 0 Å². The topological polar surface area (TPSA) is 38.5 Å². The summed E-state index contributed by atoms with van der Waals surface area (Å²) in [5.74, 6) is 1.59. The first-order valence-corrected chi connectivity index (χ1v) is 7.04. The van der Waals surface area contributed by atoms with Crippen LogP contribution in [0.1, 0.15) is 30.7 Å². The van der Waals surface area contributed by atoms with Crippen molar-refractivity contribution >= 4 is 0 Å². The first-order chi connectivity index (χ1) is 8.88. The molecule has 3 heteroatoms. The largest absolute Gasteiger partial charge is 0.493 e. The minimum atomic E-state index is 0.522. The number of benzene rings is 1. The van der Waals surface area contributed by atoms with Crippen LogP contribution >= 0.6 is 0 Å². The van der Waals surface area contributed by atoms with E-state index in [2.05, 4.69) is 23.1 Å². The third-order valence-electron chi connectivity index (χ3n) is 4.26. The van der Waals surface area contributed by atoms with Crippen molar-refractivity contribution in [1.82, 2.24) is 4.90 Å². The molecule has 0 amide bonds. The number of nitrogens with two attached hydrogens (primary N) is 1. The summed E-state index contributed by atoms with van der Waals surface area (Å²) in [5, 5.41) is 0. The molecule has 0 saturated heterocycles. The van der Waals surface area contributed by atoms with Crippen molar-refractivity contribution < 1.29 is 4.74 Å². The SMILES string of the molecule is NCCN(CC1COc2ccccc21)C1CCC1. The molecule has 0 aromatic heterocycles. The second kappa shape index (κ2) is 5.29. The first kappa shape index (κ1) is 12.0. The molecule has 0 spiro atoms. The molecule has 0 radical (unpaired) electrons. The number of hydrogen-bond donors (Lipinski definition) is 1. The third kappa shape index (κ3) is 2.25. The molecule has 1 atom stereocenters. The molecule has 1 fully saturated rings. The van der Waals surface area contributed by atoms with Crippen LogP contribution in [0.15, 0.2) is 24.3 Å². The Bertz CT molecular complexity index is 403. The highest BCUT2D eigenvalue weighted by Crippen LogP contribution is 2.35. The summed E-state index contributed by atoms with van der Waals surface area (Å²) in [6.45, 7) is 3.70. The van der Waals surface area contributed by atoms with Gasteiger partial charge in [0.15, 0.2) is 0 Å². The van der Waals surface area contributed by atoms with Gasteiger partial charge in [-0.3, -0.25) is 4.90 Å². The Balaban J connectivity index is 1.68. The van der Waals surface area contributed by atoms with Gasteiger partial charge in [0.05, 0.1) is 6.61 Å². The van der Waals surface area contributed by atoms with Gasteiger partial charge in [0.2, 0.25) is 0 Å². The lowest BCUT2D eigenvalue weighted by Crippen LogP contribution is -2.45. The Hall–Kier alpha value is -1.06. The van der Waals surface area contributed by atoms with Gasteiger partial charge in [0.1, 0.15) is 5.75 Å². The van der Waals surface area contributed by atoms with Gasteiger partial charge in [0, 0.05) is 37.2 Å². The van der Waals surface area contributed by atoms with Crippen molar-refractivity contribution in [3.63, 3.8) is 0 Å². The normalized spacial score (nSPS) is 22.7. The molecular formula is C15H22N2O. The first-order valence-electron chi connectivity index (χ1n) is 7.04. The summed E-state index contributed by atoms with van der Waals surface area (Å²) < 4.78 is 5.76. The molecule has 2 N–H and O–H groups in total. The minimum absolute atomic E-state index is 0.522. The zero-order valence-electron chi connectivity index (χ0n) is 10.8. The zero-order chi connectivity index (χ0) is 12.4. The van der Waals surface area contributed by atoms with Gasteiger partial charge in [-0.05, 0) is 18.9 Å². The van der Waals surface area contributed by atoms with Crippen molar-refractivity contribution in [2.75, 3.05) is 26.2 Å². The fourth-order valence-corrected chi connectivity index (χ4v) is 3.00. The molecule has 1 aliphatic heterocycles. The second-order valence-electron chi connectivity index (χ2n) is 5.41. The summed E-state index contributed by atoms with van der Waals surface area (Å²) in [4.78, 5) is 2.57. The van der Waals surface area contributed by atoms with Crippen LogP contribution < -0.4 is 10.5 Å². The monoisotopic (exact) mass is 246 g/mol. The smallest absolute Gasteiger partial charge is 0.122 e. The summed E-state index contributed by atoms with van der Waals surface area (Å²) in [7, 11) is 0. The van der Waals surface area contributed by atoms with Gasteiger partial charge >= 0.3 is 0 Å². The molecule has 1 aromatic carbocycles. The van der Waals surface area contributed by atoms with Crippen LogP contribution in [-0.4, -0.2) is 37.2 Å². The Morgan fingerprint density at radius 2 is 2.11 bits per heavy atom. The van der Waals surface area contributed by atoms with E-state index in [1.165, 1.54) is 24.8 Å². The number of hydrogen-bond acceptors (Lipinski definition) is 3. The molecule has 1 heterocycles. The molecule has 2 aliphatic rings. The van der Waals surface area contributed by atoms with Crippen LogP contribution in [0.5, 0.6) is 5.75 Å². The van der Waals surface area contributed by atoms with Gasteiger partial charge in [-0.25, -0.2) is 0 Å². The summed E-state index contributed by atoms with van der Waals surface area (Å²) >= 11 is 0. The predicted molar refractivity (Wildman–Crippen MR) is 72.9 cm³/mol. The van der Waals surface area contributed by atoms with Crippen molar-refractivity contribution in [2.24, 2.45) is 5.73 Å². The number of fused-ring (bicyclic) bond motifs is 1. The standard InChI is InChI=1S/C15H22N2O/c16-8-9-17(13-4-3-5-13)10-12-11-18-15-7-2-1-6-14(12)15/h1-2,6-7,12-13H,3-5,8-11,16H2. The van der Waals surface area contributed by atoms with Crippen molar-refractivity contribution in [1.29, 1.82) is 0 Å². The molecule has 3 nitrogen and oxygen atoms in total. The Morgan fingerprint density at radius 1 is 1.28 bits per heavy atom. The van der Waals surface area contributed by atoms with Crippen molar-refractivity contribution in [3.8, 4) is 5.75 Å². The van der Waals surface area contributed by atoms with E-state index < -0.39 is 0 Å². The Kier molecular flexibility index (Phi) is 3.52. The van der Waals surface area contributed by atoms with Crippen LogP contribution in [0.4, 0.5) is 0 Å². The fraction of sp³-hybridized carbons (Fsp3) is 0.600. The van der Waals surface area contributed by atoms with Crippen LogP contribution in [-0.2, 0) is 0 Å². The van der Waals surface area contributed by atoms with E-state index in [0.717, 1.165) is 38.0 Å². The van der Waals surface area contributed by atoms with E-state index in [4.69, 9.17) is 10.5 Å². The molecule has 18 heavy (non-hydrogen) atoms. The van der Waals surface area contributed by atoms with E-state index in [-0.39, 0.29) is 0 Å². The lowest BCUT2D eigenvalue weighted by atomic mass is 9.90. The van der Waals surface area contributed by atoms with Gasteiger partial charge in [-0.2, -0.15) is 0 Å². The lowest BCUT2D eigenvalue weighted by Gasteiger charge is -2.38. The van der Waals surface area contributed by atoms with E-state index in [1.807, 2.05) is 6.07 Å². The number of rotatable bonds is 5. The molecule has 0 bridgehead atoms. The molecule has 1 aliphatic carbocycles. The molecule has 1 unspecified atom stereocenters. The predicted octanol–water partition coefficient (Wildman–Crippen LogP) is 1.98. The van der Waals surface area contributed by atoms with Crippen LogP contribution in [0.2, 0.25) is 0 Å². The Morgan fingerprint density at radius 3 is 2.83 bits per heavy atom. The number of nitrogens with zero attached hydrogens (tertiary/aromatic N) is 1. The second-order valence-corrected chi connectivity index (χ2v) is 5.41. The average Bonchev–Trinajstić information content (AvgIpc) is 2.71. The maximum atomic E-state index is 5.76. The molecule has 1 aromatic rings. The van der Waals surface area contributed by atoms with Gasteiger partial charge < -0.3 is 10.5 Å². The van der Waals surface area contributed by atoms with E-state index in [1.54, 1.807) is 0 Å². The molecule has 98 valence electrons. The molecule has 3 rings (SSSR count). The van der Waals surface area contributed by atoms with E-state index in [0.29, 0.717) is 5.92 Å². The Labute approximate surface area is 109 Å². The third-order valence-corrected chi connectivity index (χ3v) is 4.26. The van der Waals surface area contributed by atoms with Gasteiger partial charge in [-0.1, -0.05) is 24.6 Å². The fourth-order valence-electron chi connectivity index (χ4n) is 3.00. The minimum Gasteiger partial charge on any atom is -0.493 e. The van der Waals surface area contributed by atoms with Crippen LogP contribution in [0.25, 0.3) is 0 Å². The van der Waals surface area contributed by atoms with Crippen LogP contribution in [0, 0.1) is 0 Å². The lowest BCUT2D eigenvalue weighted by molar-refractivity contribution is 0.118. The summed E-state index contributed by atoms with van der Waals surface area (Å²) in [5.41, 5.74) is 7.12. The highest BCUT2D eigenvalue weighted by atomic mass is 16.5. The maximum Gasteiger partial charge on any atom is 0.122 e. The summed E-state index contributed by atoms with van der Waals surface area (Å²) in [6.07, 6.45) is 4.06. The molecular weight excluding hydrogens is 224 g/mol. The zero-order valence-corrected chi connectivity index (χ0v) is 10.8. The maximum absolute atomic E-state index is 5.76. The van der Waals surface area contributed by atoms with Crippen LogP contribution in [0.3, 0.4) is 0 Å².